The lowest BCUT2D eigenvalue weighted by Gasteiger charge is -2.07. The quantitative estimate of drug-likeness (QED) is 0.720. The van der Waals surface area contributed by atoms with Gasteiger partial charge in [0.05, 0.1) is 16.6 Å². The Labute approximate surface area is 92.1 Å². The smallest absolute Gasteiger partial charge is 0.128 e. The fraction of sp³-hybridized carbons (Fsp3) is 0.100. The van der Waals surface area contributed by atoms with Crippen molar-refractivity contribution in [2.24, 2.45) is 0 Å². The predicted octanol–water partition coefficient (Wildman–Crippen LogP) is 3.26. The lowest BCUT2D eigenvalue weighted by molar-refractivity contribution is 0.958. The van der Waals surface area contributed by atoms with E-state index < -0.39 is 0 Å². The molecule has 0 unspecified atom stereocenters. The zero-order chi connectivity index (χ0) is 9.97. The molecule has 2 nitrogen and oxygen atoms in total. The predicted molar refractivity (Wildman–Crippen MR) is 58.1 cm³/mol. The van der Waals surface area contributed by atoms with Crippen molar-refractivity contribution >= 4 is 23.2 Å². The molecule has 0 spiro atoms. The number of alkyl halides is 1. The molecular weight excluding hydrogens is 219 g/mol. The third-order valence-electron chi connectivity index (χ3n) is 1.95. The molecule has 14 heavy (non-hydrogen) atoms. The number of nitrogens with zero attached hydrogens (tertiary/aromatic N) is 2. The van der Waals surface area contributed by atoms with Gasteiger partial charge in [-0.25, -0.2) is 4.98 Å². The van der Waals surface area contributed by atoms with Gasteiger partial charge in [-0.2, -0.15) is 0 Å². The molecule has 2 aromatic rings. The number of imidazole rings is 1. The molecule has 1 aromatic heterocycles. The van der Waals surface area contributed by atoms with Crippen LogP contribution in [0.5, 0.6) is 0 Å². The zero-order valence-corrected chi connectivity index (χ0v) is 8.83. The molecule has 0 atom stereocenters. The highest BCUT2D eigenvalue weighted by molar-refractivity contribution is 6.32. The summed E-state index contributed by atoms with van der Waals surface area (Å²) >= 11 is 11.8. The molecule has 0 fully saturated rings. The molecule has 0 aliphatic heterocycles. The van der Waals surface area contributed by atoms with Gasteiger partial charge in [0.15, 0.2) is 0 Å². The Bertz CT molecular complexity index is 437. The molecule has 0 radical (unpaired) electrons. The van der Waals surface area contributed by atoms with Gasteiger partial charge in [0.1, 0.15) is 5.82 Å². The maximum Gasteiger partial charge on any atom is 0.128 e. The monoisotopic (exact) mass is 226 g/mol. The first-order valence-electron chi connectivity index (χ1n) is 4.16. The summed E-state index contributed by atoms with van der Waals surface area (Å²) in [7, 11) is 0. The Kier molecular flexibility index (Phi) is 2.75. The zero-order valence-electron chi connectivity index (χ0n) is 7.32. The summed E-state index contributed by atoms with van der Waals surface area (Å²) in [6.07, 6.45) is 3.56. The summed E-state index contributed by atoms with van der Waals surface area (Å²) in [6.45, 7) is 0. The fourth-order valence-electron chi connectivity index (χ4n) is 1.30. The van der Waals surface area contributed by atoms with Gasteiger partial charge in [-0.3, -0.25) is 0 Å². The van der Waals surface area contributed by atoms with Gasteiger partial charge in [-0.15, -0.1) is 11.6 Å². The molecule has 4 heteroatoms. The van der Waals surface area contributed by atoms with Gasteiger partial charge < -0.3 is 4.57 Å². The van der Waals surface area contributed by atoms with Gasteiger partial charge in [-0.05, 0) is 12.1 Å². The fourth-order valence-corrected chi connectivity index (χ4v) is 1.72. The number of rotatable bonds is 2. The van der Waals surface area contributed by atoms with Crippen LogP contribution in [0.4, 0.5) is 0 Å². The Morgan fingerprint density at radius 2 is 2.07 bits per heavy atom. The van der Waals surface area contributed by atoms with Crippen LogP contribution in [0.2, 0.25) is 5.02 Å². The van der Waals surface area contributed by atoms with Crippen molar-refractivity contribution in [2.45, 2.75) is 5.88 Å². The largest absolute Gasteiger partial charge is 0.301 e. The van der Waals surface area contributed by atoms with E-state index in [1.807, 2.05) is 35.0 Å². The standard InChI is InChI=1S/C10H8Cl2N2/c11-7-10-13-5-6-14(10)9-4-2-1-3-8(9)12/h1-6H,7H2. The molecule has 1 aromatic carbocycles. The molecule has 0 saturated carbocycles. The number of para-hydroxylation sites is 1. The lowest BCUT2D eigenvalue weighted by Crippen LogP contribution is -1.98. The summed E-state index contributed by atoms with van der Waals surface area (Å²) in [4.78, 5) is 4.12. The SMILES string of the molecule is ClCc1nccn1-c1ccccc1Cl. The van der Waals surface area contributed by atoms with Crippen LogP contribution in [0, 0.1) is 0 Å². The second-order valence-electron chi connectivity index (χ2n) is 2.80. The van der Waals surface area contributed by atoms with E-state index in [1.165, 1.54) is 0 Å². The van der Waals surface area contributed by atoms with Crippen molar-refractivity contribution in [2.75, 3.05) is 0 Å². The van der Waals surface area contributed by atoms with Crippen molar-refractivity contribution in [3.8, 4) is 5.69 Å². The van der Waals surface area contributed by atoms with Crippen LogP contribution in [-0.4, -0.2) is 9.55 Å². The van der Waals surface area contributed by atoms with Gasteiger partial charge in [0, 0.05) is 12.4 Å². The highest BCUT2D eigenvalue weighted by Gasteiger charge is 2.05. The average Bonchev–Trinajstić information content (AvgIpc) is 2.66. The highest BCUT2D eigenvalue weighted by atomic mass is 35.5. The van der Waals surface area contributed by atoms with Crippen LogP contribution < -0.4 is 0 Å². The molecule has 0 aliphatic carbocycles. The van der Waals surface area contributed by atoms with E-state index in [-0.39, 0.29) is 0 Å². The minimum atomic E-state index is 0.373. The molecule has 0 amide bonds. The molecule has 1 heterocycles. The molecular formula is C10H8Cl2N2. The van der Waals surface area contributed by atoms with Crippen LogP contribution in [0.15, 0.2) is 36.7 Å². The van der Waals surface area contributed by atoms with Crippen LogP contribution in [0.25, 0.3) is 5.69 Å². The minimum Gasteiger partial charge on any atom is -0.301 e. The Balaban J connectivity index is 2.54. The second-order valence-corrected chi connectivity index (χ2v) is 3.47. The van der Waals surface area contributed by atoms with Crippen molar-refractivity contribution in [1.82, 2.24) is 9.55 Å². The topological polar surface area (TPSA) is 17.8 Å². The van der Waals surface area contributed by atoms with Crippen LogP contribution >= 0.6 is 23.2 Å². The number of benzene rings is 1. The van der Waals surface area contributed by atoms with Gasteiger partial charge in [0.25, 0.3) is 0 Å². The van der Waals surface area contributed by atoms with E-state index in [4.69, 9.17) is 23.2 Å². The third-order valence-corrected chi connectivity index (χ3v) is 2.51. The number of halogens is 2. The van der Waals surface area contributed by atoms with Crippen LogP contribution in [0.3, 0.4) is 0 Å². The summed E-state index contributed by atoms with van der Waals surface area (Å²) in [5.41, 5.74) is 0.905. The summed E-state index contributed by atoms with van der Waals surface area (Å²) in [6, 6.07) is 7.59. The molecule has 72 valence electrons. The molecule has 0 bridgehead atoms. The Morgan fingerprint density at radius 3 is 2.79 bits per heavy atom. The van der Waals surface area contributed by atoms with Gasteiger partial charge in [0.2, 0.25) is 0 Å². The van der Waals surface area contributed by atoms with E-state index in [2.05, 4.69) is 4.98 Å². The molecule has 2 rings (SSSR count). The molecule has 0 saturated heterocycles. The van der Waals surface area contributed by atoms with Gasteiger partial charge in [-0.1, -0.05) is 23.7 Å². The van der Waals surface area contributed by atoms with E-state index in [0.29, 0.717) is 10.9 Å². The normalized spacial score (nSPS) is 10.4. The first-order valence-corrected chi connectivity index (χ1v) is 5.07. The first kappa shape index (κ1) is 9.56. The Hall–Kier alpha value is -0.990. The van der Waals surface area contributed by atoms with E-state index >= 15 is 0 Å². The van der Waals surface area contributed by atoms with Crippen LogP contribution in [-0.2, 0) is 5.88 Å². The second kappa shape index (κ2) is 4.03. The number of aromatic nitrogens is 2. The maximum atomic E-state index is 6.05. The lowest BCUT2D eigenvalue weighted by atomic mass is 10.3. The highest BCUT2D eigenvalue weighted by Crippen LogP contribution is 2.21. The first-order chi connectivity index (χ1) is 6.83. The van der Waals surface area contributed by atoms with Crippen molar-refractivity contribution in [3.05, 3.63) is 47.5 Å². The van der Waals surface area contributed by atoms with Crippen molar-refractivity contribution < 1.29 is 0 Å². The van der Waals surface area contributed by atoms with Gasteiger partial charge >= 0.3 is 0 Å². The number of hydrogen-bond acceptors (Lipinski definition) is 1. The van der Waals surface area contributed by atoms with Crippen molar-refractivity contribution in [3.63, 3.8) is 0 Å². The average molecular weight is 227 g/mol. The molecule has 0 N–H and O–H groups in total. The summed E-state index contributed by atoms with van der Waals surface area (Å²) in [5.74, 6) is 1.16. The van der Waals surface area contributed by atoms with E-state index in [0.717, 1.165) is 11.5 Å². The summed E-state index contributed by atoms with van der Waals surface area (Å²) < 4.78 is 1.88. The third kappa shape index (κ3) is 1.63. The van der Waals surface area contributed by atoms with Crippen molar-refractivity contribution in [1.29, 1.82) is 0 Å². The van der Waals surface area contributed by atoms with Crippen LogP contribution in [0.1, 0.15) is 5.82 Å². The minimum absolute atomic E-state index is 0.373. The number of hydrogen-bond donors (Lipinski definition) is 0. The Morgan fingerprint density at radius 1 is 1.29 bits per heavy atom. The summed E-state index contributed by atoms with van der Waals surface area (Å²) in [5, 5.41) is 0.692. The van der Waals surface area contributed by atoms with E-state index in [1.54, 1.807) is 6.20 Å². The maximum absolute atomic E-state index is 6.05. The molecule has 0 aliphatic rings. The van der Waals surface area contributed by atoms with E-state index in [9.17, 15) is 0 Å².